The van der Waals surface area contributed by atoms with Crippen LogP contribution in [0.2, 0.25) is 5.02 Å². The Morgan fingerprint density at radius 3 is 2.57 bits per heavy atom. The van der Waals surface area contributed by atoms with E-state index in [4.69, 9.17) is 17.3 Å². The zero-order chi connectivity index (χ0) is 14.8. The van der Waals surface area contributed by atoms with Gasteiger partial charge in [-0.25, -0.2) is 0 Å². The lowest BCUT2D eigenvalue weighted by atomic mass is 10.1. The van der Waals surface area contributed by atoms with Crippen LogP contribution >= 0.6 is 38.9 Å². The number of rotatable bonds is 3. The van der Waals surface area contributed by atoms with Crippen molar-refractivity contribution >= 4 is 38.9 Å². The Balaban J connectivity index is 1.95. The maximum Gasteiger partial charge on any atom is 0.149 e. The van der Waals surface area contributed by atoms with Crippen LogP contribution in [0.1, 0.15) is 16.6 Å². The Kier molecular flexibility index (Phi) is 4.35. The average Bonchev–Trinajstić information content (AvgIpc) is 3.00. The van der Waals surface area contributed by atoms with Gasteiger partial charge in [-0.15, -0.1) is 10.2 Å². The van der Waals surface area contributed by atoms with Crippen LogP contribution in [-0.4, -0.2) is 10.2 Å². The Morgan fingerprint density at radius 2 is 1.81 bits per heavy atom. The highest BCUT2D eigenvalue weighted by molar-refractivity contribution is 9.10. The molecule has 21 heavy (non-hydrogen) atoms. The van der Waals surface area contributed by atoms with E-state index < -0.39 is 0 Å². The Bertz CT molecular complexity index is 761. The molecule has 3 nitrogen and oxygen atoms in total. The summed E-state index contributed by atoms with van der Waals surface area (Å²) in [6.45, 7) is 0. The van der Waals surface area contributed by atoms with E-state index in [0.29, 0.717) is 5.02 Å². The van der Waals surface area contributed by atoms with Crippen molar-refractivity contribution in [2.45, 2.75) is 6.04 Å². The van der Waals surface area contributed by atoms with E-state index in [1.54, 1.807) is 0 Å². The number of halogens is 2. The molecule has 0 aliphatic carbocycles. The Labute approximate surface area is 139 Å². The number of hydrogen-bond acceptors (Lipinski definition) is 4. The summed E-state index contributed by atoms with van der Waals surface area (Å²) in [5.74, 6) is 0. The summed E-state index contributed by atoms with van der Waals surface area (Å²) in [6.07, 6.45) is 0. The van der Waals surface area contributed by atoms with Crippen LogP contribution in [-0.2, 0) is 0 Å². The van der Waals surface area contributed by atoms with Crippen molar-refractivity contribution in [2.24, 2.45) is 5.73 Å². The molecular formula is C15H11BrClN3S. The van der Waals surface area contributed by atoms with E-state index in [0.717, 1.165) is 25.6 Å². The molecule has 3 aromatic rings. The second-order valence-electron chi connectivity index (χ2n) is 4.44. The van der Waals surface area contributed by atoms with Gasteiger partial charge in [-0.1, -0.05) is 65.4 Å². The number of nitrogens with zero attached hydrogens (tertiary/aromatic N) is 2. The number of aromatic nitrogens is 2. The largest absolute Gasteiger partial charge is 0.318 e. The number of benzene rings is 2. The second kappa shape index (κ2) is 6.23. The van der Waals surface area contributed by atoms with Gasteiger partial charge in [-0.2, -0.15) is 0 Å². The molecule has 0 fully saturated rings. The van der Waals surface area contributed by atoms with Crippen LogP contribution in [0.5, 0.6) is 0 Å². The quantitative estimate of drug-likeness (QED) is 0.718. The smallest absolute Gasteiger partial charge is 0.149 e. The van der Waals surface area contributed by atoms with Gasteiger partial charge >= 0.3 is 0 Å². The minimum atomic E-state index is -0.275. The van der Waals surface area contributed by atoms with Gasteiger partial charge in [0.1, 0.15) is 10.0 Å². The fraction of sp³-hybridized carbons (Fsp3) is 0.0667. The molecule has 6 heteroatoms. The molecule has 0 radical (unpaired) electrons. The van der Waals surface area contributed by atoms with Gasteiger partial charge < -0.3 is 5.73 Å². The first kappa shape index (κ1) is 14.7. The van der Waals surface area contributed by atoms with Gasteiger partial charge in [-0.3, -0.25) is 0 Å². The van der Waals surface area contributed by atoms with Crippen LogP contribution in [0, 0.1) is 0 Å². The summed E-state index contributed by atoms with van der Waals surface area (Å²) in [6, 6.07) is 15.3. The van der Waals surface area contributed by atoms with Crippen molar-refractivity contribution in [1.29, 1.82) is 0 Å². The molecule has 0 aliphatic rings. The van der Waals surface area contributed by atoms with Crippen LogP contribution in [0.3, 0.4) is 0 Å². The van der Waals surface area contributed by atoms with Gasteiger partial charge in [-0.05, 0) is 27.6 Å². The summed E-state index contributed by atoms with van der Waals surface area (Å²) >= 11 is 11.2. The molecule has 0 spiro atoms. The van der Waals surface area contributed by atoms with Gasteiger partial charge in [0.25, 0.3) is 0 Å². The number of hydrogen-bond donors (Lipinski definition) is 1. The van der Waals surface area contributed by atoms with E-state index in [9.17, 15) is 0 Å². The van der Waals surface area contributed by atoms with Crippen molar-refractivity contribution < 1.29 is 0 Å². The van der Waals surface area contributed by atoms with Crippen molar-refractivity contribution in [1.82, 2.24) is 10.2 Å². The monoisotopic (exact) mass is 379 g/mol. The first-order valence-corrected chi connectivity index (χ1v) is 8.24. The lowest BCUT2D eigenvalue weighted by Gasteiger charge is -2.07. The molecular weight excluding hydrogens is 370 g/mol. The first-order chi connectivity index (χ1) is 10.2. The van der Waals surface area contributed by atoms with Crippen LogP contribution < -0.4 is 5.73 Å². The third kappa shape index (κ3) is 3.01. The van der Waals surface area contributed by atoms with E-state index in [1.165, 1.54) is 11.3 Å². The van der Waals surface area contributed by atoms with Crippen molar-refractivity contribution in [3.63, 3.8) is 0 Å². The van der Waals surface area contributed by atoms with Gasteiger partial charge in [0.2, 0.25) is 0 Å². The zero-order valence-electron chi connectivity index (χ0n) is 10.8. The normalized spacial score (nSPS) is 12.3. The minimum absolute atomic E-state index is 0.275. The van der Waals surface area contributed by atoms with Crippen molar-refractivity contribution in [3.8, 4) is 10.6 Å². The highest BCUT2D eigenvalue weighted by Gasteiger charge is 2.17. The standard InChI is InChI=1S/C15H11BrClN3S/c16-11-8-4-7-10(12(11)17)14-19-20-15(21-14)13(18)9-5-2-1-3-6-9/h1-8,13H,18H2. The summed E-state index contributed by atoms with van der Waals surface area (Å²) in [4.78, 5) is 0. The molecule has 0 saturated carbocycles. The molecule has 1 aromatic heterocycles. The topological polar surface area (TPSA) is 51.8 Å². The second-order valence-corrected chi connectivity index (χ2v) is 6.68. The predicted octanol–water partition coefficient (Wildman–Crippen LogP) is 4.67. The maximum absolute atomic E-state index is 6.29. The molecule has 2 N–H and O–H groups in total. The highest BCUT2D eigenvalue weighted by Crippen LogP contribution is 2.36. The third-order valence-electron chi connectivity index (χ3n) is 3.05. The summed E-state index contributed by atoms with van der Waals surface area (Å²) < 4.78 is 0.839. The average molecular weight is 381 g/mol. The van der Waals surface area contributed by atoms with E-state index >= 15 is 0 Å². The van der Waals surface area contributed by atoms with Gasteiger partial charge in [0.05, 0.1) is 11.1 Å². The summed E-state index contributed by atoms with van der Waals surface area (Å²) in [5.41, 5.74) is 8.11. The predicted molar refractivity (Wildman–Crippen MR) is 90.5 cm³/mol. The van der Waals surface area contributed by atoms with E-state index in [-0.39, 0.29) is 6.04 Å². The first-order valence-electron chi connectivity index (χ1n) is 6.25. The minimum Gasteiger partial charge on any atom is -0.318 e. The van der Waals surface area contributed by atoms with Gasteiger partial charge in [0.15, 0.2) is 0 Å². The molecule has 0 aliphatic heterocycles. The van der Waals surface area contributed by atoms with Crippen LogP contribution in [0.15, 0.2) is 53.0 Å². The zero-order valence-corrected chi connectivity index (χ0v) is 14.0. The molecule has 1 unspecified atom stereocenters. The number of nitrogens with two attached hydrogens (primary N) is 1. The van der Waals surface area contributed by atoms with Crippen molar-refractivity contribution in [2.75, 3.05) is 0 Å². The van der Waals surface area contributed by atoms with E-state index in [2.05, 4.69) is 26.1 Å². The molecule has 1 atom stereocenters. The molecule has 0 amide bonds. The molecule has 3 rings (SSSR count). The molecule has 0 saturated heterocycles. The molecule has 2 aromatic carbocycles. The SMILES string of the molecule is NC(c1ccccc1)c1nnc(-c2cccc(Br)c2Cl)s1. The maximum atomic E-state index is 6.29. The lowest BCUT2D eigenvalue weighted by molar-refractivity contribution is 0.831. The van der Waals surface area contributed by atoms with Crippen LogP contribution in [0.4, 0.5) is 0 Å². The van der Waals surface area contributed by atoms with E-state index in [1.807, 2.05) is 48.5 Å². The fourth-order valence-electron chi connectivity index (χ4n) is 1.94. The van der Waals surface area contributed by atoms with Crippen LogP contribution in [0.25, 0.3) is 10.6 Å². The Morgan fingerprint density at radius 1 is 1.05 bits per heavy atom. The lowest BCUT2D eigenvalue weighted by Crippen LogP contribution is -2.11. The summed E-state index contributed by atoms with van der Waals surface area (Å²) in [7, 11) is 0. The highest BCUT2D eigenvalue weighted by atomic mass is 79.9. The third-order valence-corrected chi connectivity index (χ3v) is 5.38. The fourth-order valence-corrected chi connectivity index (χ4v) is 3.48. The van der Waals surface area contributed by atoms with Gasteiger partial charge in [0, 0.05) is 10.0 Å². The Hall–Kier alpha value is -1.27. The molecule has 106 valence electrons. The van der Waals surface area contributed by atoms with Crippen molar-refractivity contribution in [3.05, 3.63) is 68.6 Å². The molecule has 1 heterocycles. The molecule has 0 bridgehead atoms. The summed E-state index contributed by atoms with van der Waals surface area (Å²) in [5, 5.41) is 10.6.